The molecule has 2 saturated heterocycles. The number of pyridine rings is 1. The van der Waals surface area contributed by atoms with Crippen molar-refractivity contribution in [3.8, 4) is 11.4 Å². The van der Waals surface area contributed by atoms with Gasteiger partial charge in [-0.15, -0.1) is 0 Å². The number of hydrogen-bond donors (Lipinski definition) is 3. The third kappa shape index (κ3) is 6.34. The predicted octanol–water partition coefficient (Wildman–Crippen LogP) is 3.20. The zero-order valence-electron chi connectivity index (χ0n) is 25.8. The Morgan fingerprint density at radius 2 is 1.89 bits per heavy atom. The number of aliphatic carboxylic acids is 1. The smallest absolute Gasteiger partial charge is 0.317 e. The number of methoxy groups -OCH3 is 1. The van der Waals surface area contributed by atoms with Crippen LogP contribution in [0.3, 0.4) is 0 Å². The summed E-state index contributed by atoms with van der Waals surface area (Å²) in [5.41, 5.74) is 4.16. The molecule has 2 aromatic heterocycles. The normalized spacial score (nSPS) is 22.1. The van der Waals surface area contributed by atoms with Gasteiger partial charge in [-0.05, 0) is 38.3 Å². The number of aromatic nitrogens is 3. The molecule has 12 heteroatoms. The van der Waals surface area contributed by atoms with Gasteiger partial charge in [0.15, 0.2) is 0 Å². The SMILES string of the molecule is COC1CCN(C2(Nc3cc4c(cn3)nc(-c3ccccc3CN3CCN(CC(=O)O)CC3)n4C(C)C)C=CNC=N2)CC1. The number of rotatable bonds is 10. The molecule has 3 aliphatic heterocycles. The fourth-order valence-corrected chi connectivity index (χ4v) is 6.54. The summed E-state index contributed by atoms with van der Waals surface area (Å²) in [4.78, 5) is 32.7. The summed E-state index contributed by atoms with van der Waals surface area (Å²) in [6, 6.07) is 10.7. The minimum Gasteiger partial charge on any atom is -0.480 e. The number of carboxylic acids is 1. The Morgan fingerprint density at radius 1 is 1.14 bits per heavy atom. The first-order chi connectivity index (χ1) is 21.3. The van der Waals surface area contributed by atoms with Gasteiger partial charge in [0, 0.05) is 76.8 Å². The van der Waals surface area contributed by atoms with Crippen LogP contribution in [0.1, 0.15) is 38.3 Å². The number of fused-ring (bicyclic) bond motifs is 1. The van der Waals surface area contributed by atoms with E-state index in [0.717, 1.165) is 86.9 Å². The van der Waals surface area contributed by atoms with E-state index in [-0.39, 0.29) is 18.7 Å². The molecule has 2 fully saturated rings. The van der Waals surface area contributed by atoms with E-state index in [1.807, 2.05) is 17.3 Å². The van der Waals surface area contributed by atoms with Gasteiger partial charge in [-0.2, -0.15) is 0 Å². The minimum absolute atomic E-state index is 0.0979. The standard InChI is InChI=1S/C32H43N9O3/c1-23(2)41-28-18-29(37-32(10-11-33-22-35-32)40-12-8-25(44-3)9-13-40)34-19-27(28)36-31(41)26-7-5-4-6-24(26)20-38-14-16-39(17-15-38)21-30(42)43/h4-7,10-11,18-19,22-23,25H,8-9,12-17,20-21H2,1-3H3,(H,33,35)(H,34,37)(H,42,43). The first-order valence-electron chi connectivity index (χ1n) is 15.5. The van der Waals surface area contributed by atoms with E-state index in [4.69, 9.17) is 24.8 Å². The number of anilines is 1. The molecule has 234 valence electrons. The zero-order chi connectivity index (χ0) is 30.7. The number of hydrogen-bond acceptors (Lipinski definition) is 10. The fourth-order valence-electron chi connectivity index (χ4n) is 6.54. The number of piperazine rings is 1. The number of piperidine rings is 1. The van der Waals surface area contributed by atoms with Crippen LogP contribution in [0.15, 0.2) is 53.8 Å². The van der Waals surface area contributed by atoms with Gasteiger partial charge in [-0.1, -0.05) is 24.3 Å². The summed E-state index contributed by atoms with van der Waals surface area (Å²) in [6.45, 7) is 10.1. The molecular weight excluding hydrogens is 558 g/mol. The third-order valence-electron chi connectivity index (χ3n) is 8.89. The number of aliphatic imine (C=N–C) groups is 1. The van der Waals surface area contributed by atoms with Crippen LogP contribution in [-0.2, 0) is 16.1 Å². The van der Waals surface area contributed by atoms with Crippen molar-refractivity contribution in [1.82, 2.24) is 34.6 Å². The van der Waals surface area contributed by atoms with Gasteiger partial charge in [0.05, 0.1) is 30.7 Å². The third-order valence-corrected chi connectivity index (χ3v) is 8.89. The van der Waals surface area contributed by atoms with E-state index in [2.05, 4.69) is 75.3 Å². The van der Waals surface area contributed by atoms with Crippen LogP contribution in [0.2, 0.25) is 0 Å². The Balaban J connectivity index is 1.28. The second-order valence-electron chi connectivity index (χ2n) is 12.1. The lowest BCUT2D eigenvalue weighted by atomic mass is 10.1. The Morgan fingerprint density at radius 3 is 2.57 bits per heavy atom. The maximum absolute atomic E-state index is 11.1. The van der Waals surface area contributed by atoms with Gasteiger partial charge in [-0.3, -0.25) is 19.5 Å². The summed E-state index contributed by atoms with van der Waals surface area (Å²) in [7, 11) is 1.78. The quantitative estimate of drug-likeness (QED) is 0.319. The molecule has 0 aliphatic carbocycles. The van der Waals surface area contributed by atoms with Gasteiger partial charge < -0.3 is 25.0 Å². The van der Waals surface area contributed by atoms with Crippen LogP contribution in [0, 0.1) is 0 Å². The largest absolute Gasteiger partial charge is 0.480 e. The second-order valence-corrected chi connectivity index (χ2v) is 12.1. The number of likely N-dealkylation sites (tertiary alicyclic amines) is 1. The van der Waals surface area contributed by atoms with Gasteiger partial charge in [0.25, 0.3) is 0 Å². The number of imidazole rings is 1. The van der Waals surface area contributed by atoms with E-state index >= 15 is 0 Å². The van der Waals surface area contributed by atoms with Crippen molar-refractivity contribution >= 4 is 29.2 Å². The molecule has 0 spiro atoms. The minimum atomic E-state index is -0.772. The lowest BCUT2D eigenvalue weighted by Gasteiger charge is -2.43. The number of nitrogens with one attached hydrogen (secondary N) is 2. The van der Waals surface area contributed by atoms with Crippen LogP contribution >= 0.6 is 0 Å². The second kappa shape index (κ2) is 13.0. The Bertz CT molecular complexity index is 1510. The number of ether oxygens (including phenoxy) is 1. The van der Waals surface area contributed by atoms with Crippen molar-refractivity contribution in [2.24, 2.45) is 4.99 Å². The first kappa shape index (κ1) is 30.2. The average Bonchev–Trinajstić information content (AvgIpc) is 3.41. The molecule has 5 heterocycles. The summed E-state index contributed by atoms with van der Waals surface area (Å²) in [5.74, 6) is 0.143. The molecule has 3 aliphatic rings. The van der Waals surface area contributed by atoms with E-state index in [0.29, 0.717) is 0 Å². The number of carbonyl (C=O) groups is 1. The molecule has 0 radical (unpaired) electrons. The van der Waals surface area contributed by atoms with Crippen LogP contribution in [0.25, 0.3) is 22.4 Å². The van der Waals surface area contributed by atoms with Gasteiger partial charge >= 0.3 is 5.97 Å². The highest BCUT2D eigenvalue weighted by atomic mass is 16.5. The summed E-state index contributed by atoms with van der Waals surface area (Å²) < 4.78 is 7.90. The molecule has 44 heavy (non-hydrogen) atoms. The van der Waals surface area contributed by atoms with Crippen molar-refractivity contribution in [3.63, 3.8) is 0 Å². The summed E-state index contributed by atoms with van der Waals surface area (Å²) in [5, 5.41) is 15.9. The lowest BCUT2D eigenvalue weighted by Crippen LogP contribution is -2.56. The van der Waals surface area contributed by atoms with Crippen molar-refractivity contribution in [2.75, 3.05) is 58.2 Å². The fraction of sp³-hybridized carbons (Fsp3) is 0.500. The van der Waals surface area contributed by atoms with E-state index in [1.54, 1.807) is 13.4 Å². The van der Waals surface area contributed by atoms with Gasteiger partial charge in [0.2, 0.25) is 5.79 Å². The molecule has 0 amide bonds. The highest BCUT2D eigenvalue weighted by Gasteiger charge is 2.38. The highest BCUT2D eigenvalue weighted by molar-refractivity contribution is 5.83. The van der Waals surface area contributed by atoms with Crippen LogP contribution in [0.5, 0.6) is 0 Å². The van der Waals surface area contributed by atoms with E-state index < -0.39 is 11.8 Å². The van der Waals surface area contributed by atoms with Crippen LogP contribution < -0.4 is 10.6 Å². The van der Waals surface area contributed by atoms with Gasteiger partial charge in [0.1, 0.15) is 17.2 Å². The molecule has 1 atom stereocenters. The maximum Gasteiger partial charge on any atom is 0.317 e. The van der Waals surface area contributed by atoms with Crippen molar-refractivity contribution in [2.45, 2.75) is 51.2 Å². The molecule has 6 rings (SSSR count). The maximum atomic E-state index is 11.1. The number of benzene rings is 1. The zero-order valence-corrected chi connectivity index (χ0v) is 25.8. The Labute approximate surface area is 258 Å². The summed E-state index contributed by atoms with van der Waals surface area (Å²) >= 11 is 0. The molecule has 1 aromatic carbocycles. The van der Waals surface area contributed by atoms with E-state index in [9.17, 15) is 4.79 Å². The van der Waals surface area contributed by atoms with E-state index in [1.165, 1.54) is 5.56 Å². The predicted molar refractivity (Wildman–Crippen MR) is 171 cm³/mol. The molecule has 1 unspecified atom stereocenters. The lowest BCUT2D eigenvalue weighted by molar-refractivity contribution is -0.138. The topological polar surface area (TPSA) is 123 Å². The molecule has 0 saturated carbocycles. The Kier molecular flexibility index (Phi) is 8.94. The highest BCUT2D eigenvalue weighted by Crippen LogP contribution is 2.33. The monoisotopic (exact) mass is 601 g/mol. The molecule has 12 nitrogen and oxygen atoms in total. The van der Waals surface area contributed by atoms with Crippen molar-refractivity contribution < 1.29 is 14.6 Å². The average molecular weight is 602 g/mol. The molecule has 3 N–H and O–H groups in total. The molecule has 3 aromatic rings. The first-order valence-corrected chi connectivity index (χ1v) is 15.5. The van der Waals surface area contributed by atoms with Crippen LogP contribution in [0.4, 0.5) is 5.82 Å². The number of nitrogens with zero attached hydrogens (tertiary/aromatic N) is 7. The van der Waals surface area contributed by atoms with Crippen LogP contribution in [-0.4, -0.2) is 111 Å². The summed E-state index contributed by atoms with van der Waals surface area (Å²) in [6.07, 6.45) is 9.72. The van der Waals surface area contributed by atoms with Crippen molar-refractivity contribution in [3.05, 3.63) is 54.4 Å². The van der Waals surface area contributed by atoms with Gasteiger partial charge in [-0.25, -0.2) is 15.0 Å². The van der Waals surface area contributed by atoms with Crippen molar-refractivity contribution in [1.29, 1.82) is 0 Å². The molecular formula is C32H43N9O3. The number of carboxylic acid groups (broad SMARTS) is 1. The Hall–Kier alpha value is -3.84. The molecule has 0 bridgehead atoms.